The maximum atomic E-state index is 13.3. The molecule has 0 saturated carbocycles. The maximum absolute atomic E-state index is 13.3. The molecular weight excluding hydrogens is 313 g/mol. The van der Waals surface area contributed by atoms with Crippen LogP contribution in [-0.2, 0) is 0 Å². The summed E-state index contributed by atoms with van der Waals surface area (Å²) >= 11 is 0. The van der Waals surface area contributed by atoms with E-state index in [0.29, 0.717) is 0 Å². The van der Waals surface area contributed by atoms with Gasteiger partial charge in [-0.2, -0.15) is 13.2 Å². The van der Waals surface area contributed by atoms with Gasteiger partial charge in [-0.25, -0.2) is 0 Å². The Hall–Kier alpha value is 0.490. The average Bonchev–Trinajstić information content (AvgIpc) is 2.42. The van der Waals surface area contributed by atoms with Crippen LogP contribution in [0.25, 0.3) is 0 Å². The summed E-state index contributed by atoms with van der Waals surface area (Å²) in [6.07, 6.45) is 7.65. The number of hydrogen-bond donors (Lipinski definition) is 0. The van der Waals surface area contributed by atoms with Gasteiger partial charge in [0.15, 0.2) is 0 Å². The Labute approximate surface area is 136 Å². The number of hydrogen-bond acceptors (Lipinski definition) is 2. The van der Waals surface area contributed by atoms with Gasteiger partial charge in [-0.05, 0) is 25.0 Å². The molecular formula is C16H31F3S2. The Bertz CT molecular complexity index is 220. The van der Waals surface area contributed by atoms with E-state index in [9.17, 15) is 13.2 Å². The van der Waals surface area contributed by atoms with E-state index in [4.69, 9.17) is 0 Å². The van der Waals surface area contributed by atoms with Gasteiger partial charge in [-0.3, -0.25) is 0 Å². The molecule has 0 aromatic carbocycles. The van der Waals surface area contributed by atoms with E-state index < -0.39 is 11.4 Å². The number of unbranched alkanes of at least 4 members (excludes halogenated alkanes) is 6. The Balaban J connectivity index is 4.48. The van der Waals surface area contributed by atoms with Gasteiger partial charge in [-0.1, -0.05) is 86.8 Å². The first-order chi connectivity index (χ1) is 9.97. The predicted molar refractivity (Wildman–Crippen MR) is 92.0 cm³/mol. The molecule has 0 bridgehead atoms. The predicted octanol–water partition coefficient (Wildman–Crippen LogP) is 7.49. The number of alkyl halides is 3. The molecule has 0 fully saturated rings. The summed E-state index contributed by atoms with van der Waals surface area (Å²) < 4.78 is 39.8. The molecule has 0 saturated heterocycles. The zero-order chi connectivity index (χ0) is 16.1. The second kappa shape index (κ2) is 13.0. The van der Waals surface area contributed by atoms with Gasteiger partial charge in [0.2, 0.25) is 0 Å². The molecule has 0 unspecified atom stereocenters. The Morgan fingerprint density at radius 2 is 1.29 bits per heavy atom. The summed E-state index contributed by atoms with van der Waals surface area (Å²) in [7, 11) is 2.26. The quantitative estimate of drug-likeness (QED) is 0.251. The summed E-state index contributed by atoms with van der Waals surface area (Å²) in [6, 6.07) is 0. The van der Waals surface area contributed by atoms with Gasteiger partial charge in [0.05, 0.1) is 0 Å². The van der Waals surface area contributed by atoms with Crippen molar-refractivity contribution >= 4 is 21.6 Å². The van der Waals surface area contributed by atoms with Gasteiger partial charge >= 0.3 is 6.18 Å². The van der Waals surface area contributed by atoms with Crippen molar-refractivity contribution < 1.29 is 13.2 Å². The highest BCUT2D eigenvalue weighted by Gasteiger charge is 2.44. The number of rotatable bonds is 13. The molecule has 0 aromatic rings. The van der Waals surface area contributed by atoms with E-state index in [1.807, 2.05) is 0 Å². The highest BCUT2D eigenvalue weighted by atomic mass is 33.1. The minimum atomic E-state index is -4.08. The fourth-order valence-corrected chi connectivity index (χ4v) is 4.78. The minimum absolute atomic E-state index is 0.212. The van der Waals surface area contributed by atoms with Crippen LogP contribution >= 0.6 is 21.6 Å². The van der Waals surface area contributed by atoms with Crippen LogP contribution in [0.3, 0.4) is 0 Å². The average molecular weight is 345 g/mol. The lowest BCUT2D eigenvalue weighted by Gasteiger charge is -2.28. The molecule has 5 heteroatoms. The van der Waals surface area contributed by atoms with Crippen molar-refractivity contribution in [2.24, 2.45) is 5.92 Å². The Morgan fingerprint density at radius 1 is 0.810 bits per heavy atom. The van der Waals surface area contributed by atoms with E-state index in [-0.39, 0.29) is 5.92 Å². The minimum Gasteiger partial charge on any atom is -0.170 e. The Kier molecular flexibility index (Phi) is 13.3. The largest absolute Gasteiger partial charge is 0.401 e. The zero-order valence-corrected chi connectivity index (χ0v) is 15.3. The lowest BCUT2D eigenvalue weighted by Crippen LogP contribution is -2.33. The van der Waals surface area contributed by atoms with Gasteiger partial charge in [0.25, 0.3) is 0 Å². The first-order valence-electron chi connectivity index (χ1n) is 8.23. The van der Waals surface area contributed by atoms with E-state index in [1.54, 1.807) is 6.26 Å². The molecule has 0 rings (SSSR count). The molecule has 0 spiro atoms. The highest BCUT2D eigenvalue weighted by molar-refractivity contribution is 8.76. The smallest absolute Gasteiger partial charge is 0.170 e. The fourth-order valence-electron chi connectivity index (χ4n) is 2.62. The fraction of sp³-hybridized carbons (Fsp3) is 1.00. The monoisotopic (exact) mass is 344 g/mol. The van der Waals surface area contributed by atoms with Gasteiger partial charge in [0, 0.05) is 0 Å². The summed E-state index contributed by atoms with van der Waals surface area (Å²) in [6.45, 7) is 4.26. The summed E-state index contributed by atoms with van der Waals surface area (Å²) in [5.74, 6) is -0.212. The van der Waals surface area contributed by atoms with Gasteiger partial charge < -0.3 is 0 Å². The van der Waals surface area contributed by atoms with Crippen LogP contribution in [0.1, 0.15) is 78.1 Å². The maximum Gasteiger partial charge on any atom is 0.401 e. The lowest BCUT2D eigenvalue weighted by molar-refractivity contribution is -0.138. The van der Waals surface area contributed by atoms with E-state index in [0.717, 1.165) is 75.0 Å². The molecule has 128 valence electrons. The van der Waals surface area contributed by atoms with Crippen molar-refractivity contribution in [3.8, 4) is 0 Å². The molecule has 0 heterocycles. The third-order valence-electron chi connectivity index (χ3n) is 3.81. The molecule has 0 radical (unpaired) electrons. The second-order valence-corrected chi connectivity index (χ2v) is 8.29. The van der Waals surface area contributed by atoms with Crippen molar-refractivity contribution in [2.45, 2.75) is 89.5 Å². The van der Waals surface area contributed by atoms with Crippen molar-refractivity contribution in [3.05, 3.63) is 0 Å². The molecule has 0 N–H and O–H groups in total. The first kappa shape index (κ1) is 21.5. The molecule has 0 aliphatic carbocycles. The molecule has 0 aliphatic heterocycles. The third-order valence-corrected chi connectivity index (χ3v) is 6.06. The van der Waals surface area contributed by atoms with Crippen molar-refractivity contribution in [1.82, 2.24) is 0 Å². The summed E-state index contributed by atoms with van der Waals surface area (Å²) in [5.41, 5.74) is 0. The van der Waals surface area contributed by atoms with Crippen LogP contribution in [-0.4, -0.2) is 17.7 Å². The zero-order valence-electron chi connectivity index (χ0n) is 13.7. The summed E-state index contributed by atoms with van der Waals surface area (Å²) in [4.78, 5) is 0. The SMILES string of the molecule is CCCCCCC(CCCCCC)[C@H](SSC)C(F)(F)F. The number of halogens is 3. The van der Waals surface area contributed by atoms with Gasteiger partial charge in [0.1, 0.15) is 5.25 Å². The van der Waals surface area contributed by atoms with Gasteiger partial charge in [-0.15, -0.1) is 0 Å². The van der Waals surface area contributed by atoms with E-state index in [1.165, 1.54) is 10.8 Å². The first-order valence-corrected chi connectivity index (χ1v) is 10.9. The van der Waals surface area contributed by atoms with Crippen LogP contribution in [0, 0.1) is 5.92 Å². The van der Waals surface area contributed by atoms with Crippen molar-refractivity contribution in [2.75, 3.05) is 6.26 Å². The van der Waals surface area contributed by atoms with Crippen LogP contribution in [0.2, 0.25) is 0 Å². The highest BCUT2D eigenvalue weighted by Crippen LogP contribution is 2.43. The molecule has 0 aromatic heterocycles. The lowest BCUT2D eigenvalue weighted by atomic mass is 9.91. The third kappa shape index (κ3) is 10.8. The summed E-state index contributed by atoms with van der Waals surface area (Å²) in [5, 5.41) is -1.20. The van der Waals surface area contributed by atoms with Crippen molar-refractivity contribution in [3.63, 3.8) is 0 Å². The normalized spacial score (nSPS) is 13.9. The van der Waals surface area contributed by atoms with Crippen LogP contribution < -0.4 is 0 Å². The Morgan fingerprint density at radius 3 is 1.62 bits per heavy atom. The second-order valence-electron chi connectivity index (χ2n) is 5.68. The molecule has 21 heavy (non-hydrogen) atoms. The van der Waals surface area contributed by atoms with Crippen LogP contribution in [0.15, 0.2) is 0 Å². The molecule has 1 atom stereocenters. The van der Waals surface area contributed by atoms with Crippen molar-refractivity contribution in [1.29, 1.82) is 0 Å². The van der Waals surface area contributed by atoms with E-state index in [2.05, 4.69) is 13.8 Å². The molecule has 0 aliphatic rings. The molecule has 0 nitrogen and oxygen atoms in total. The van der Waals surface area contributed by atoms with Crippen LogP contribution in [0.5, 0.6) is 0 Å². The molecule has 0 amide bonds. The standard InChI is InChI=1S/C16H31F3S2/c1-4-6-8-10-12-14(13-11-9-7-5-2)15(21-20-3)16(17,18)19/h14-15H,4-13H2,1-3H3/t15-/m0/s1. The van der Waals surface area contributed by atoms with E-state index >= 15 is 0 Å². The van der Waals surface area contributed by atoms with Crippen LogP contribution in [0.4, 0.5) is 13.2 Å². The topological polar surface area (TPSA) is 0 Å².